The summed E-state index contributed by atoms with van der Waals surface area (Å²) in [5, 5.41) is 10.2. The van der Waals surface area contributed by atoms with Crippen molar-refractivity contribution in [3.63, 3.8) is 0 Å². The number of nitriles is 1. The van der Waals surface area contributed by atoms with Gasteiger partial charge in [0, 0.05) is 41.6 Å². The maximum Gasteiger partial charge on any atom is 0.474 e. The highest BCUT2D eigenvalue weighted by Gasteiger charge is 2.32. The lowest BCUT2D eigenvalue weighted by molar-refractivity contribution is -0.113. The van der Waals surface area contributed by atoms with Crippen LogP contribution in [0.25, 0.3) is 33.3 Å². The Morgan fingerprint density at radius 1 is 1.18 bits per heavy atom. The standard InChI is InChI=1S/C30H31N4O5P/c1-7-28(35)33(6)25-13-9-11-22(15-25)24-16-26-27(23-12-8-10-21(14-23)17-31)19-34(29(26)32-18-24)20(2)38-40(36,37)39-30(3,4)5/h7-16,18-20H,1H2,2-6H3,(H,36,37). The van der Waals surface area contributed by atoms with Crippen LogP contribution in [0.3, 0.4) is 0 Å². The highest BCUT2D eigenvalue weighted by molar-refractivity contribution is 7.47. The number of anilines is 1. The number of amides is 1. The van der Waals surface area contributed by atoms with Gasteiger partial charge in [-0.25, -0.2) is 9.55 Å². The summed E-state index contributed by atoms with van der Waals surface area (Å²) in [5.41, 5.74) is 3.98. The largest absolute Gasteiger partial charge is 0.474 e. The smallest absolute Gasteiger partial charge is 0.312 e. The van der Waals surface area contributed by atoms with Crippen molar-refractivity contribution >= 4 is 30.5 Å². The van der Waals surface area contributed by atoms with E-state index in [2.05, 4.69) is 12.6 Å². The second-order valence-electron chi connectivity index (χ2n) is 10.3. The summed E-state index contributed by atoms with van der Waals surface area (Å²) in [6.45, 7) is 10.2. The molecule has 2 aromatic heterocycles. The number of hydrogen-bond donors (Lipinski definition) is 1. The molecule has 2 aromatic carbocycles. The summed E-state index contributed by atoms with van der Waals surface area (Å²) in [6.07, 6.45) is 3.83. The van der Waals surface area contributed by atoms with Crippen LogP contribution in [0.4, 0.5) is 5.69 Å². The molecule has 0 aliphatic carbocycles. The summed E-state index contributed by atoms with van der Waals surface area (Å²) >= 11 is 0. The molecule has 9 nitrogen and oxygen atoms in total. The van der Waals surface area contributed by atoms with Gasteiger partial charge in [0.1, 0.15) is 11.9 Å². The molecule has 0 saturated heterocycles. The first-order chi connectivity index (χ1) is 18.8. The molecular weight excluding hydrogens is 527 g/mol. The minimum Gasteiger partial charge on any atom is -0.312 e. The van der Waals surface area contributed by atoms with Gasteiger partial charge in [0.05, 0.1) is 17.2 Å². The zero-order valence-electron chi connectivity index (χ0n) is 23.0. The molecular formula is C30H31N4O5P. The monoisotopic (exact) mass is 558 g/mol. The van der Waals surface area contributed by atoms with Gasteiger partial charge in [-0.05, 0) is 75.2 Å². The van der Waals surface area contributed by atoms with Gasteiger partial charge in [-0.15, -0.1) is 0 Å². The number of aromatic nitrogens is 2. The number of benzene rings is 2. The Kier molecular flexibility index (Phi) is 8.10. The van der Waals surface area contributed by atoms with E-state index in [1.807, 2.05) is 36.4 Å². The lowest BCUT2D eigenvalue weighted by Crippen LogP contribution is -2.23. The van der Waals surface area contributed by atoms with Crippen LogP contribution in [0.2, 0.25) is 0 Å². The van der Waals surface area contributed by atoms with E-state index in [1.54, 1.807) is 69.9 Å². The number of fused-ring (bicyclic) bond motifs is 1. The first-order valence-electron chi connectivity index (χ1n) is 12.6. The third-order valence-corrected chi connectivity index (χ3v) is 7.46. The van der Waals surface area contributed by atoms with Crippen LogP contribution in [-0.2, 0) is 18.4 Å². The zero-order chi connectivity index (χ0) is 29.2. The Hall–Kier alpha value is -4.06. The van der Waals surface area contributed by atoms with Gasteiger partial charge < -0.3 is 14.4 Å². The van der Waals surface area contributed by atoms with Gasteiger partial charge in [-0.1, -0.05) is 30.8 Å². The predicted octanol–water partition coefficient (Wildman–Crippen LogP) is 6.84. The minimum absolute atomic E-state index is 0.229. The third kappa shape index (κ3) is 6.39. The molecule has 1 amide bonds. The molecule has 206 valence electrons. The van der Waals surface area contributed by atoms with Crippen LogP contribution in [0.5, 0.6) is 0 Å². The predicted molar refractivity (Wildman–Crippen MR) is 155 cm³/mol. The Bertz CT molecular complexity index is 1680. The summed E-state index contributed by atoms with van der Waals surface area (Å²) in [7, 11) is -2.73. The van der Waals surface area contributed by atoms with Crippen LogP contribution in [0.15, 0.2) is 79.6 Å². The highest BCUT2D eigenvalue weighted by atomic mass is 31.2. The first kappa shape index (κ1) is 28.9. The van der Waals surface area contributed by atoms with Crippen molar-refractivity contribution in [1.82, 2.24) is 9.55 Å². The van der Waals surface area contributed by atoms with Gasteiger partial charge in [0.2, 0.25) is 5.91 Å². The zero-order valence-corrected chi connectivity index (χ0v) is 23.9. The van der Waals surface area contributed by atoms with Gasteiger partial charge in [-0.3, -0.25) is 13.8 Å². The van der Waals surface area contributed by atoms with Gasteiger partial charge in [0.25, 0.3) is 0 Å². The number of phosphoric acid groups is 1. The molecule has 0 bridgehead atoms. The van der Waals surface area contributed by atoms with E-state index < -0.39 is 19.7 Å². The number of carbonyl (C=O) groups excluding carboxylic acids is 1. The molecule has 0 saturated carbocycles. The molecule has 4 rings (SSSR count). The lowest BCUT2D eigenvalue weighted by Gasteiger charge is -2.25. The van der Waals surface area contributed by atoms with Crippen LogP contribution < -0.4 is 4.90 Å². The molecule has 2 atom stereocenters. The third-order valence-electron chi connectivity index (χ3n) is 6.11. The number of carbonyl (C=O) groups is 1. The van der Waals surface area contributed by atoms with Crippen LogP contribution >= 0.6 is 7.82 Å². The average molecular weight is 559 g/mol. The quantitative estimate of drug-likeness (QED) is 0.186. The number of nitrogens with zero attached hydrogens (tertiary/aromatic N) is 4. The molecule has 40 heavy (non-hydrogen) atoms. The molecule has 0 radical (unpaired) electrons. The minimum atomic E-state index is -4.40. The SMILES string of the molecule is C=CC(=O)N(C)c1cccc(-c2cnc3c(c2)c(-c2cccc(C#N)c2)cn3C(C)OP(=O)(O)OC(C)(C)C)c1. The molecule has 10 heteroatoms. The van der Waals surface area contributed by atoms with Gasteiger partial charge >= 0.3 is 7.82 Å². The molecule has 2 heterocycles. The summed E-state index contributed by atoms with van der Waals surface area (Å²) in [5.74, 6) is -0.229. The van der Waals surface area contributed by atoms with Crippen molar-refractivity contribution < 1.29 is 23.3 Å². The van der Waals surface area contributed by atoms with E-state index in [4.69, 9.17) is 14.0 Å². The maximum atomic E-state index is 12.7. The Morgan fingerprint density at radius 2 is 1.88 bits per heavy atom. The van der Waals surface area contributed by atoms with Crippen molar-refractivity contribution in [2.75, 3.05) is 11.9 Å². The Labute approximate surface area is 233 Å². The summed E-state index contributed by atoms with van der Waals surface area (Å²) < 4.78 is 25.1. The highest BCUT2D eigenvalue weighted by Crippen LogP contribution is 2.50. The van der Waals surface area contributed by atoms with E-state index in [9.17, 15) is 19.5 Å². The molecule has 4 aromatic rings. The van der Waals surface area contributed by atoms with E-state index >= 15 is 0 Å². The van der Waals surface area contributed by atoms with Gasteiger partial charge in [-0.2, -0.15) is 5.26 Å². The number of phosphoric ester groups is 1. The van der Waals surface area contributed by atoms with Crippen molar-refractivity contribution in [3.8, 4) is 28.3 Å². The second kappa shape index (κ2) is 11.2. The first-order valence-corrected chi connectivity index (χ1v) is 14.0. The molecule has 0 aliphatic rings. The average Bonchev–Trinajstić information content (AvgIpc) is 3.30. The summed E-state index contributed by atoms with van der Waals surface area (Å²) in [6, 6.07) is 18.8. The lowest BCUT2D eigenvalue weighted by atomic mass is 10.0. The van der Waals surface area contributed by atoms with Crippen LogP contribution in [-0.4, -0.2) is 33.0 Å². The number of pyridine rings is 1. The number of rotatable bonds is 8. The van der Waals surface area contributed by atoms with Crippen molar-refractivity contribution in [2.45, 2.75) is 39.5 Å². The number of likely N-dealkylation sites (N-methyl/N-ethyl adjacent to an activating group) is 1. The fraction of sp³-hybridized carbons (Fsp3) is 0.233. The van der Waals surface area contributed by atoms with Crippen molar-refractivity contribution in [1.29, 1.82) is 5.26 Å². The van der Waals surface area contributed by atoms with E-state index in [-0.39, 0.29) is 5.91 Å². The number of hydrogen-bond acceptors (Lipinski definition) is 6. The topological polar surface area (TPSA) is 118 Å². The van der Waals surface area contributed by atoms with Crippen molar-refractivity contribution in [2.24, 2.45) is 0 Å². The fourth-order valence-electron chi connectivity index (χ4n) is 4.32. The van der Waals surface area contributed by atoms with Gasteiger partial charge in [0.15, 0.2) is 0 Å². The Morgan fingerprint density at radius 3 is 2.55 bits per heavy atom. The van der Waals surface area contributed by atoms with E-state index in [0.29, 0.717) is 16.9 Å². The molecule has 2 unspecified atom stereocenters. The fourth-order valence-corrected chi connectivity index (χ4v) is 5.54. The molecule has 1 N–H and O–H groups in total. The molecule has 0 spiro atoms. The molecule has 0 fully saturated rings. The van der Waals surface area contributed by atoms with E-state index in [1.165, 1.54) is 11.0 Å². The second-order valence-corrected chi connectivity index (χ2v) is 11.6. The normalized spacial score (nSPS) is 13.8. The van der Waals surface area contributed by atoms with Crippen LogP contribution in [0, 0.1) is 11.3 Å². The van der Waals surface area contributed by atoms with Crippen LogP contribution in [0.1, 0.15) is 39.5 Å². The van der Waals surface area contributed by atoms with Crippen molar-refractivity contribution in [3.05, 3.63) is 85.2 Å². The maximum absolute atomic E-state index is 12.7. The Balaban J connectivity index is 1.84. The van der Waals surface area contributed by atoms with E-state index in [0.717, 1.165) is 27.6 Å². The molecule has 0 aliphatic heterocycles. The summed E-state index contributed by atoms with van der Waals surface area (Å²) in [4.78, 5) is 28.7.